The number of hydrogen-bond donors (Lipinski definition) is 0. The van der Waals surface area contributed by atoms with Gasteiger partial charge in [-0.3, -0.25) is 14.9 Å². The summed E-state index contributed by atoms with van der Waals surface area (Å²) in [6.45, 7) is 3.83. The van der Waals surface area contributed by atoms with E-state index in [1.165, 1.54) is 0 Å². The number of piperazine rings is 1. The number of halogens is 3. The Bertz CT molecular complexity index is 956. The third-order valence-corrected chi connectivity index (χ3v) is 5.27. The zero-order chi connectivity index (χ0) is 23.3. The van der Waals surface area contributed by atoms with Gasteiger partial charge in [0.25, 0.3) is 11.6 Å². The summed E-state index contributed by atoms with van der Waals surface area (Å²) in [5, 5.41) is 11.3. The van der Waals surface area contributed by atoms with Crippen molar-refractivity contribution in [3.63, 3.8) is 0 Å². The third kappa shape index (κ3) is 5.49. The van der Waals surface area contributed by atoms with Crippen molar-refractivity contribution in [2.75, 3.05) is 37.7 Å². The average Bonchev–Trinajstić information content (AvgIpc) is 2.78. The molecule has 1 amide bonds. The van der Waals surface area contributed by atoms with Gasteiger partial charge < -0.3 is 14.5 Å². The Hall–Kier alpha value is -3.30. The maximum absolute atomic E-state index is 12.9. The van der Waals surface area contributed by atoms with Crippen molar-refractivity contribution >= 4 is 17.3 Å². The monoisotopic (exact) mass is 451 g/mol. The van der Waals surface area contributed by atoms with Crippen LogP contribution in [-0.2, 0) is 6.18 Å². The molecule has 10 heteroatoms. The van der Waals surface area contributed by atoms with Crippen LogP contribution in [0.3, 0.4) is 0 Å². The number of alkyl halides is 3. The van der Waals surface area contributed by atoms with Gasteiger partial charge >= 0.3 is 6.18 Å². The number of benzene rings is 2. The summed E-state index contributed by atoms with van der Waals surface area (Å²) >= 11 is 0. The van der Waals surface area contributed by atoms with Crippen molar-refractivity contribution < 1.29 is 27.6 Å². The van der Waals surface area contributed by atoms with E-state index in [1.54, 1.807) is 34.1 Å². The van der Waals surface area contributed by atoms with Crippen LogP contribution in [0, 0.1) is 10.1 Å². The molecule has 0 spiro atoms. The Morgan fingerprint density at radius 1 is 1.09 bits per heavy atom. The fraction of sp³-hybridized carbons (Fsp3) is 0.409. The van der Waals surface area contributed by atoms with Gasteiger partial charge in [-0.25, -0.2) is 0 Å². The minimum Gasteiger partial charge on any atom is -0.494 e. The van der Waals surface area contributed by atoms with Gasteiger partial charge in [0.05, 0.1) is 17.1 Å². The van der Waals surface area contributed by atoms with Crippen LogP contribution in [0.4, 0.5) is 24.5 Å². The molecule has 1 aliphatic heterocycles. The van der Waals surface area contributed by atoms with Crippen LogP contribution >= 0.6 is 0 Å². The molecule has 3 rings (SSSR count). The van der Waals surface area contributed by atoms with Gasteiger partial charge in [-0.2, -0.15) is 13.2 Å². The summed E-state index contributed by atoms with van der Waals surface area (Å²) in [5.41, 5.74) is -1.05. The second-order valence-electron chi connectivity index (χ2n) is 7.46. The van der Waals surface area contributed by atoms with Crippen LogP contribution in [0.15, 0.2) is 42.5 Å². The van der Waals surface area contributed by atoms with Crippen LogP contribution in [-0.4, -0.2) is 48.5 Å². The zero-order valence-corrected chi connectivity index (χ0v) is 17.6. The number of nitro benzene ring substituents is 1. The fourth-order valence-corrected chi connectivity index (χ4v) is 3.47. The topological polar surface area (TPSA) is 75.9 Å². The molecular formula is C22H24F3N3O4. The summed E-state index contributed by atoms with van der Waals surface area (Å²) in [6.07, 6.45) is -2.69. The van der Waals surface area contributed by atoms with E-state index >= 15 is 0 Å². The molecule has 0 N–H and O–H groups in total. The lowest BCUT2D eigenvalue weighted by molar-refractivity contribution is -0.384. The maximum atomic E-state index is 12.9. The normalized spacial score (nSPS) is 14.4. The average molecular weight is 451 g/mol. The molecule has 32 heavy (non-hydrogen) atoms. The third-order valence-electron chi connectivity index (χ3n) is 5.27. The molecule has 2 aromatic carbocycles. The number of anilines is 1. The van der Waals surface area contributed by atoms with E-state index in [4.69, 9.17) is 4.74 Å². The number of amides is 1. The molecule has 0 unspecified atom stereocenters. The van der Waals surface area contributed by atoms with Gasteiger partial charge in [0.1, 0.15) is 11.4 Å². The first-order valence-electron chi connectivity index (χ1n) is 10.3. The Morgan fingerprint density at radius 2 is 1.75 bits per heavy atom. The number of ether oxygens (including phenoxy) is 1. The van der Waals surface area contributed by atoms with Gasteiger partial charge in [0.2, 0.25) is 0 Å². The number of nitro groups is 1. The Morgan fingerprint density at radius 3 is 2.31 bits per heavy atom. The summed E-state index contributed by atoms with van der Waals surface area (Å²) in [4.78, 5) is 26.6. The first-order chi connectivity index (χ1) is 15.2. The van der Waals surface area contributed by atoms with Crippen molar-refractivity contribution in [1.29, 1.82) is 0 Å². The molecule has 1 aliphatic rings. The predicted molar refractivity (Wildman–Crippen MR) is 113 cm³/mol. The van der Waals surface area contributed by atoms with Crippen LogP contribution in [0.25, 0.3) is 0 Å². The molecule has 0 atom stereocenters. The second kappa shape index (κ2) is 9.88. The van der Waals surface area contributed by atoms with Crippen LogP contribution < -0.4 is 9.64 Å². The Labute approximate surface area is 183 Å². The van der Waals surface area contributed by atoms with E-state index < -0.39 is 22.4 Å². The minimum absolute atomic E-state index is 0.115. The van der Waals surface area contributed by atoms with Crippen LogP contribution in [0.2, 0.25) is 0 Å². The summed E-state index contributed by atoms with van der Waals surface area (Å²) in [5.74, 6) is 0.515. The molecule has 1 fully saturated rings. The number of hydrogen-bond acceptors (Lipinski definition) is 5. The fourth-order valence-electron chi connectivity index (χ4n) is 3.47. The lowest BCUT2D eigenvalue weighted by Crippen LogP contribution is -2.49. The zero-order valence-electron chi connectivity index (χ0n) is 17.6. The number of rotatable bonds is 7. The maximum Gasteiger partial charge on any atom is 0.416 e. The summed E-state index contributed by atoms with van der Waals surface area (Å²) in [7, 11) is 0. The van der Waals surface area contributed by atoms with Gasteiger partial charge in [-0.05, 0) is 42.8 Å². The SMILES string of the molecule is CCCCOc1ccc(C(=O)N2CCN(c3ccc(C(F)(F)F)cc3[N+](=O)[O-])CC2)cc1. The van der Waals surface area contributed by atoms with E-state index in [0.717, 1.165) is 25.0 Å². The highest BCUT2D eigenvalue weighted by Gasteiger charge is 2.34. The lowest BCUT2D eigenvalue weighted by atomic mass is 10.1. The lowest BCUT2D eigenvalue weighted by Gasteiger charge is -2.36. The molecule has 0 aliphatic carbocycles. The number of carbonyl (C=O) groups excluding carboxylic acids is 1. The largest absolute Gasteiger partial charge is 0.494 e. The van der Waals surface area contributed by atoms with E-state index in [0.29, 0.717) is 37.1 Å². The van der Waals surface area contributed by atoms with E-state index in [9.17, 15) is 28.1 Å². The van der Waals surface area contributed by atoms with Gasteiger partial charge in [0, 0.05) is 37.8 Å². The van der Waals surface area contributed by atoms with Crippen molar-refractivity contribution in [2.45, 2.75) is 25.9 Å². The van der Waals surface area contributed by atoms with Crippen molar-refractivity contribution in [3.8, 4) is 5.75 Å². The molecule has 0 saturated carbocycles. The molecule has 0 radical (unpaired) electrons. The Balaban J connectivity index is 1.65. The van der Waals surface area contributed by atoms with Crippen LogP contribution in [0.5, 0.6) is 5.75 Å². The molecule has 0 bridgehead atoms. The van der Waals surface area contributed by atoms with Crippen molar-refractivity contribution in [1.82, 2.24) is 4.90 Å². The highest BCUT2D eigenvalue weighted by molar-refractivity contribution is 5.94. The molecular weight excluding hydrogens is 427 g/mol. The van der Waals surface area contributed by atoms with Gasteiger partial charge in [0.15, 0.2) is 0 Å². The van der Waals surface area contributed by atoms with Crippen molar-refractivity contribution in [2.24, 2.45) is 0 Å². The number of unbranched alkanes of at least 4 members (excludes halogenated alkanes) is 1. The number of nitrogens with zero attached hydrogens (tertiary/aromatic N) is 3. The first-order valence-corrected chi connectivity index (χ1v) is 10.3. The molecule has 7 nitrogen and oxygen atoms in total. The molecule has 1 heterocycles. The van der Waals surface area contributed by atoms with E-state index in [2.05, 4.69) is 6.92 Å². The smallest absolute Gasteiger partial charge is 0.416 e. The standard InChI is InChI=1S/C22H24F3N3O4/c1-2-3-14-32-18-7-4-16(5-8-18)21(29)27-12-10-26(11-13-27)19-9-6-17(22(23,24)25)15-20(19)28(30)31/h4-9,15H,2-3,10-14H2,1H3. The molecule has 1 saturated heterocycles. The highest BCUT2D eigenvalue weighted by Crippen LogP contribution is 2.36. The van der Waals surface area contributed by atoms with Crippen molar-refractivity contribution in [3.05, 3.63) is 63.7 Å². The van der Waals surface area contributed by atoms with Crippen LogP contribution in [0.1, 0.15) is 35.7 Å². The second-order valence-corrected chi connectivity index (χ2v) is 7.46. The van der Waals surface area contributed by atoms with Gasteiger partial charge in [-0.1, -0.05) is 13.3 Å². The predicted octanol–water partition coefficient (Wildman–Crippen LogP) is 4.75. The van der Waals surface area contributed by atoms with E-state index in [-0.39, 0.29) is 24.7 Å². The Kier molecular flexibility index (Phi) is 7.22. The summed E-state index contributed by atoms with van der Waals surface area (Å²) < 4.78 is 44.4. The highest BCUT2D eigenvalue weighted by atomic mass is 19.4. The summed E-state index contributed by atoms with van der Waals surface area (Å²) in [6, 6.07) is 9.37. The molecule has 0 aromatic heterocycles. The quantitative estimate of drug-likeness (QED) is 0.345. The van der Waals surface area contributed by atoms with E-state index in [1.807, 2.05) is 0 Å². The molecule has 2 aromatic rings. The number of carbonyl (C=O) groups is 1. The van der Waals surface area contributed by atoms with Gasteiger partial charge in [-0.15, -0.1) is 0 Å². The minimum atomic E-state index is -4.66. The first kappa shape index (κ1) is 23.4. The molecule has 172 valence electrons.